The Morgan fingerprint density at radius 1 is 1.17 bits per heavy atom. The SMILES string of the molecule is Cc1c(C(=O)Nc2cccc3cccnc23)[nH]c2cc(F)ccc12. The zero-order valence-electron chi connectivity index (χ0n) is 12.9. The maximum atomic E-state index is 13.4. The molecule has 1 amide bonds. The summed E-state index contributed by atoms with van der Waals surface area (Å²) >= 11 is 0. The summed E-state index contributed by atoms with van der Waals surface area (Å²) in [7, 11) is 0. The van der Waals surface area contributed by atoms with Crippen molar-refractivity contribution in [3.8, 4) is 0 Å². The van der Waals surface area contributed by atoms with Crippen LogP contribution >= 0.6 is 0 Å². The Labute approximate surface area is 137 Å². The molecule has 4 rings (SSSR count). The number of benzene rings is 2. The Bertz CT molecular complexity index is 1080. The molecule has 2 N–H and O–H groups in total. The summed E-state index contributed by atoms with van der Waals surface area (Å²) in [5.74, 6) is -0.615. The van der Waals surface area contributed by atoms with Gasteiger partial charge in [-0.25, -0.2) is 4.39 Å². The lowest BCUT2D eigenvalue weighted by Crippen LogP contribution is -2.14. The van der Waals surface area contributed by atoms with Gasteiger partial charge in [-0.05, 0) is 42.8 Å². The number of pyridine rings is 1. The lowest BCUT2D eigenvalue weighted by molar-refractivity contribution is 0.102. The molecule has 0 aliphatic heterocycles. The molecule has 5 heteroatoms. The number of carbonyl (C=O) groups excluding carboxylic acids is 1. The zero-order chi connectivity index (χ0) is 16.7. The highest BCUT2D eigenvalue weighted by Gasteiger charge is 2.16. The van der Waals surface area contributed by atoms with E-state index in [1.54, 1.807) is 12.3 Å². The fourth-order valence-corrected chi connectivity index (χ4v) is 2.93. The van der Waals surface area contributed by atoms with Crippen molar-refractivity contribution in [2.75, 3.05) is 5.32 Å². The fourth-order valence-electron chi connectivity index (χ4n) is 2.93. The van der Waals surface area contributed by atoms with Crippen molar-refractivity contribution in [1.29, 1.82) is 0 Å². The van der Waals surface area contributed by atoms with Crippen LogP contribution in [-0.2, 0) is 0 Å². The molecule has 2 heterocycles. The van der Waals surface area contributed by atoms with Gasteiger partial charge in [0.2, 0.25) is 0 Å². The predicted octanol–water partition coefficient (Wildman–Crippen LogP) is 4.42. The number of aromatic amines is 1. The average Bonchev–Trinajstić information content (AvgIpc) is 2.91. The summed E-state index contributed by atoms with van der Waals surface area (Å²) < 4.78 is 13.4. The number of nitrogens with one attached hydrogen (secondary N) is 2. The number of carbonyl (C=O) groups is 1. The van der Waals surface area contributed by atoms with Crippen molar-refractivity contribution in [2.45, 2.75) is 6.92 Å². The second-order valence-corrected chi connectivity index (χ2v) is 5.65. The van der Waals surface area contributed by atoms with E-state index in [4.69, 9.17) is 0 Å². The van der Waals surface area contributed by atoms with Gasteiger partial charge >= 0.3 is 0 Å². The van der Waals surface area contributed by atoms with Crippen LogP contribution in [0.5, 0.6) is 0 Å². The number of fused-ring (bicyclic) bond motifs is 2. The summed E-state index contributed by atoms with van der Waals surface area (Å²) in [5.41, 5.74) is 3.18. The number of rotatable bonds is 2. The number of para-hydroxylation sites is 1. The van der Waals surface area contributed by atoms with E-state index in [0.29, 0.717) is 16.9 Å². The molecule has 0 aliphatic rings. The summed E-state index contributed by atoms with van der Waals surface area (Å²) in [6, 6.07) is 13.9. The van der Waals surface area contributed by atoms with Crippen LogP contribution in [0.1, 0.15) is 16.1 Å². The molecule has 118 valence electrons. The number of hydrogen-bond acceptors (Lipinski definition) is 2. The Kier molecular flexibility index (Phi) is 3.27. The van der Waals surface area contributed by atoms with Gasteiger partial charge in [0.15, 0.2) is 0 Å². The van der Waals surface area contributed by atoms with Crippen molar-refractivity contribution < 1.29 is 9.18 Å². The summed E-state index contributed by atoms with van der Waals surface area (Å²) in [6.45, 7) is 1.84. The molecular formula is C19H14FN3O. The van der Waals surface area contributed by atoms with E-state index in [-0.39, 0.29) is 11.7 Å². The minimum atomic E-state index is -0.339. The Morgan fingerprint density at radius 3 is 2.88 bits per heavy atom. The van der Waals surface area contributed by atoms with Gasteiger partial charge in [0.25, 0.3) is 5.91 Å². The van der Waals surface area contributed by atoms with Crippen LogP contribution in [0.4, 0.5) is 10.1 Å². The summed E-state index contributed by atoms with van der Waals surface area (Å²) in [4.78, 5) is 20.0. The van der Waals surface area contributed by atoms with Gasteiger partial charge in [-0.15, -0.1) is 0 Å². The van der Waals surface area contributed by atoms with Gasteiger partial charge in [-0.3, -0.25) is 9.78 Å². The van der Waals surface area contributed by atoms with Crippen LogP contribution < -0.4 is 5.32 Å². The molecule has 0 bridgehead atoms. The quantitative estimate of drug-likeness (QED) is 0.575. The van der Waals surface area contributed by atoms with Crippen LogP contribution in [0.15, 0.2) is 54.7 Å². The first-order valence-corrected chi connectivity index (χ1v) is 7.56. The molecule has 2 aromatic carbocycles. The standard InChI is InChI=1S/C19H14FN3O/c1-11-14-8-7-13(20)10-16(14)22-17(11)19(24)23-15-6-2-4-12-5-3-9-21-18(12)15/h2-10,22H,1H3,(H,23,24). The van der Waals surface area contributed by atoms with E-state index >= 15 is 0 Å². The third kappa shape index (κ3) is 2.31. The lowest BCUT2D eigenvalue weighted by Gasteiger charge is -2.07. The highest BCUT2D eigenvalue weighted by atomic mass is 19.1. The molecule has 2 aromatic heterocycles. The molecule has 0 radical (unpaired) electrons. The average molecular weight is 319 g/mol. The maximum Gasteiger partial charge on any atom is 0.272 e. The molecule has 0 spiro atoms. The van der Waals surface area contributed by atoms with Gasteiger partial charge in [-0.2, -0.15) is 0 Å². The minimum absolute atomic E-state index is 0.276. The minimum Gasteiger partial charge on any atom is -0.350 e. The van der Waals surface area contributed by atoms with Crippen LogP contribution in [0.25, 0.3) is 21.8 Å². The van der Waals surface area contributed by atoms with Crippen molar-refractivity contribution in [1.82, 2.24) is 9.97 Å². The summed E-state index contributed by atoms with van der Waals surface area (Å²) in [5, 5.41) is 4.67. The molecule has 0 aliphatic carbocycles. The number of nitrogens with zero attached hydrogens (tertiary/aromatic N) is 1. The van der Waals surface area contributed by atoms with Crippen molar-refractivity contribution in [3.63, 3.8) is 0 Å². The molecule has 0 saturated carbocycles. The smallest absolute Gasteiger partial charge is 0.272 e. The maximum absolute atomic E-state index is 13.4. The molecule has 4 aromatic rings. The number of amides is 1. The first-order valence-electron chi connectivity index (χ1n) is 7.56. The Hall–Kier alpha value is -3.21. The number of hydrogen-bond donors (Lipinski definition) is 2. The highest BCUT2D eigenvalue weighted by molar-refractivity contribution is 6.10. The van der Waals surface area contributed by atoms with Gasteiger partial charge in [0.05, 0.1) is 11.2 Å². The number of aryl methyl sites for hydroxylation is 1. The Balaban J connectivity index is 1.75. The number of aromatic nitrogens is 2. The van der Waals surface area contributed by atoms with Crippen LogP contribution in [-0.4, -0.2) is 15.9 Å². The molecule has 24 heavy (non-hydrogen) atoms. The van der Waals surface area contributed by atoms with E-state index in [1.165, 1.54) is 12.1 Å². The van der Waals surface area contributed by atoms with Crippen LogP contribution in [0.2, 0.25) is 0 Å². The van der Waals surface area contributed by atoms with E-state index < -0.39 is 0 Å². The zero-order valence-corrected chi connectivity index (χ0v) is 12.9. The van der Waals surface area contributed by atoms with E-state index in [9.17, 15) is 9.18 Å². The third-order valence-electron chi connectivity index (χ3n) is 4.13. The number of anilines is 1. The molecule has 0 unspecified atom stereocenters. The van der Waals surface area contributed by atoms with Crippen LogP contribution in [0.3, 0.4) is 0 Å². The van der Waals surface area contributed by atoms with Crippen molar-refractivity contribution in [2.24, 2.45) is 0 Å². The fraction of sp³-hybridized carbons (Fsp3) is 0.0526. The monoisotopic (exact) mass is 319 g/mol. The highest BCUT2D eigenvalue weighted by Crippen LogP contribution is 2.25. The van der Waals surface area contributed by atoms with Gasteiger partial charge in [0, 0.05) is 22.5 Å². The number of halogens is 1. The van der Waals surface area contributed by atoms with Crippen LogP contribution in [0, 0.1) is 12.7 Å². The van der Waals surface area contributed by atoms with Crippen molar-refractivity contribution >= 4 is 33.4 Å². The third-order valence-corrected chi connectivity index (χ3v) is 4.13. The molecule has 0 fully saturated rings. The number of H-pyrrole nitrogens is 1. The Morgan fingerprint density at radius 2 is 2.00 bits per heavy atom. The first-order chi connectivity index (χ1) is 11.6. The normalized spacial score (nSPS) is 11.1. The molecule has 0 atom stereocenters. The van der Waals surface area contributed by atoms with E-state index in [1.807, 2.05) is 37.3 Å². The van der Waals surface area contributed by atoms with Crippen molar-refractivity contribution in [3.05, 3.63) is 71.8 Å². The molecule has 4 nitrogen and oxygen atoms in total. The largest absolute Gasteiger partial charge is 0.350 e. The van der Waals surface area contributed by atoms with Gasteiger partial charge < -0.3 is 10.3 Å². The topological polar surface area (TPSA) is 57.8 Å². The van der Waals surface area contributed by atoms with Gasteiger partial charge in [-0.1, -0.05) is 18.2 Å². The lowest BCUT2D eigenvalue weighted by atomic mass is 10.1. The molecule has 0 saturated heterocycles. The van der Waals surface area contributed by atoms with E-state index in [0.717, 1.165) is 21.9 Å². The second-order valence-electron chi connectivity index (χ2n) is 5.65. The van der Waals surface area contributed by atoms with E-state index in [2.05, 4.69) is 15.3 Å². The summed E-state index contributed by atoms with van der Waals surface area (Å²) in [6.07, 6.45) is 1.69. The predicted molar refractivity (Wildman–Crippen MR) is 92.7 cm³/mol. The first kappa shape index (κ1) is 14.4. The molecular weight excluding hydrogens is 305 g/mol. The van der Waals surface area contributed by atoms with Gasteiger partial charge in [0.1, 0.15) is 11.5 Å². The second kappa shape index (κ2) is 5.45.